The predicted molar refractivity (Wildman–Crippen MR) is 98.8 cm³/mol. The van der Waals surface area contributed by atoms with Gasteiger partial charge in [-0.05, 0) is 29.3 Å². The van der Waals surface area contributed by atoms with Crippen molar-refractivity contribution in [1.29, 1.82) is 0 Å². The second kappa shape index (κ2) is 10.4. The van der Waals surface area contributed by atoms with Crippen LogP contribution in [0, 0.1) is 0 Å². The van der Waals surface area contributed by atoms with Crippen molar-refractivity contribution >= 4 is 0 Å². The summed E-state index contributed by atoms with van der Waals surface area (Å²) in [6.07, 6.45) is 0. The highest BCUT2D eigenvalue weighted by molar-refractivity contribution is 5.70. The van der Waals surface area contributed by atoms with Crippen molar-refractivity contribution in [2.24, 2.45) is 5.73 Å². The molecular formula is C21H25N. The van der Waals surface area contributed by atoms with Gasteiger partial charge >= 0.3 is 0 Å². The van der Waals surface area contributed by atoms with Crippen molar-refractivity contribution in [1.82, 2.24) is 0 Å². The zero-order valence-corrected chi connectivity index (χ0v) is 13.7. The van der Waals surface area contributed by atoms with E-state index in [1.807, 2.05) is 26.0 Å². The van der Waals surface area contributed by atoms with E-state index < -0.39 is 0 Å². The molecule has 1 nitrogen and oxygen atoms in total. The quantitative estimate of drug-likeness (QED) is 0.651. The Morgan fingerprint density at radius 2 is 0.636 bits per heavy atom. The molecule has 0 saturated carbocycles. The minimum Gasteiger partial charge on any atom is -0.333 e. The molecule has 3 rings (SSSR count). The van der Waals surface area contributed by atoms with E-state index in [-0.39, 0.29) is 0 Å². The first-order valence-corrected chi connectivity index (χ1v) is 7.72. The van der Waals surface area contributed by atoms with Crippen LogP contribution in [0.15, 0.2) is 84.9 Å². The fourth-order valence-electron chi connectivity index (χ4n) is 2.12. The Morgan fingerprint density at radius 1 is 0.409 bits per heavy atom. The fourth-order valence-corrected chi connectivity index (χ4v) is 2.12. The number of benzene rings is 3. The maximum absolute atomic E-state index is 4.50. The molecule has 0 saturated heterocycles. The largest absolute Gasteiger partial charge is 0.333 e. The molecule has 0 bridgehead atoms. The summed E-state index contributed by atoms with van der Waals surface area (Å²) < 4.78 is 0. The lowest BCUT2D eigenvalue weighted by atomic mass is 10.0. The molecule has 0 aliphatic heterocycles. The molecule has 1 heteroatoms. The van der Waals surface area contributed by atoms with Crippen LogP contribution in [-0.4, -0.2) is 7.05 Å². The second-order valence-corrected chi connectivity index (χ2v) is 4.31. The molecule has 3 aromatic carbocycles. The van der Waals surface area contributed by atoms with Gasteiger partial charge in [0.05, 0.1) is 0 Å². The Kier molecular flexibility index (Phi) is 8.32. The van der Waals surface area contributed by atoms with Gasteiger partial charge in [0.15, 0.2) is 0 Å². The lowest BCUT2D eigenvalue weighted by Crippen LogP contribution is -1.79. The van der Waals surface area contributed by atoms with Gasteiger partial charge in [-0.2, -0.15) is 0 Å². The summed E-state index contributed by atoms with van der Waals surface area (Å²) in [5, 5.41) is 0. The Labute approximate surface area is 134 Å². The standard InChI is InChI=1S/C18H14.C2H6.CH5N/c1-3-7-15(8-4-1)17-11-13-18(14-12-17)16-9-5-2-6-10-16;2*1-2/h1-14H;1-2H3;2H2,1H3. The van der Waals surface area contributed by atoms with E-state index >= 15 is 0 Å². The Balaban J connectivity index is 0.000000561. The molecule has 2 N–H and O–H groups in total. The van der Waals surface area contributed by atoms with Crippen LogP contribution in [0.1, 0.15) is 13.8 Å². The molecule has 0 amide bonds. The van der Waals surface area contributed by atoms with E-state index in [1.165, 1.54) is 29.3 Å². The molecule has 0 atom stereocenters. The van der Waals surface area contributed by atoms with Crippen LogP contribution >= 0.6 is 0 Å². The Bertz CT molecular complexity index is 555. The van der Waals surface area contributed by atoms with Crippen molar-refractivity contribution in [3.05, 3.63) is 84.9 Å². The summed E-state index contributed by atoms with van der Waals surface area (Å²) in [6, 6.07) is 29.6. The summed E-state index contributed by atoms with van der Waals surface area (Å²) in [5.41, 5.74) is 9.54. The lowest BCUT2D eigenvalue weighted by Gasteiger charge is -2.04. The zero-order chi connectivity index (χ0) is 16.2. The fraction of sp³-hybridized carbons (Fsp3) is 0.143. The lowest BCUT2D eigenvalue weighted by molar-refractivity contribution is 1.48. The molecule has 3 aromatic rings. The van der Waals surface area contributed by atoms with E-state index in [0.29, 0.717) is 0 Å². The van der Waals surface area contributed by atoms with Crippen LogP contribution in [0.3, 0.4) is 0 Å². The normalized spacial score (nSPS) is 8.91. The van der Waals surface area contributed by atoms with Crippen LogP contribution in [0.25, 0.3) is 22.3 Å². The molecule has 0 fully saturated rings. The smallest absolute Gasteiger partial charge is 0.0184 e. The van der Waals surface area contributed by atoms with Crippen molar-refractivity contribution in [3.8, 4) is 22.3 Å². The van der Waals surface area contributed by atoms with Gasteiger partial charge in [-0.3, -0.25) is 0 Å². The zero-order valence-electron chi connectivity index (χ0n) is 13.7. The van der Waals surface area contributed by atoms with Gasteiger partial charge in [0, 0.05) is 0 Å². The maximum atomic E-state index is 4.50. The Hall–Kier alpha value is -2.38. The number of rotatable bonds is 2. The topological polar surface area (TPSA) is 26.0 Å². The molecule has 0 heterocycles. The average molecular weight is 291 g/mol. The summed E-state index contributed by atoms with van der Waals surface area (Å²) in [4.78, 5) is 0. The van der Waals surface area contributed by atoms with Crippen LogP contribution in [0.2, 0.25) is 0 Å². The highest BCUT2D eigenvalue weighted by Crippen LogP contribution is 2.24. The Morgan fingerprint density at radius 3 is 0.909 bits per heavy atom. The van der Waals surface area contributed by atoms with E-state index in [0.717, 1.165) is 0 Å². The van der Waals surface area contributed by atoms with Crippen molar-refractivity contribution in [2.75, 3.05) is 7.05 Å². The number of hydrogen-bond acceptors (Lipinski definition) is 1. The second-order valence-electron chi connectivity index (χ2n) is 4.31. The third-order valence-corrected chi connectivity index (χ3v) is 3.10. The molecule has 0 aliphatic carbocycles. The summed E-state index contributed by atoms with van der Waals surface area (Å²) in [5.74, 6) is 0. The minimum absolute atomic E-state index is 1.26. The van der Waals surface area contributed by atoms with Gasteiger partial charge < -0.3 is 5.73 Å². The molecule has 114 valence electrons. The van der Waals surface area contributed by atoms with Crippen LogP contribution < -0.4 is 5.73 Å². The summed E-state index contributed by atoms with van der Waals surface area (Å²) in [6.45, 7) is 4.00. The van der Waals surface area contributed by atoms with Gasteiger partial charge in [0.1, 0.15) is 0 Å². The first kappa shape index (κ1) is 17.7. The van der Waals surface area contributed by atoms with Crippen molar-refractivity contribution in [2.45, 2.75) is 13.8 Å². The SMILES string of the molecule is CC.CN.c1ccc(-c2ccc(-c3ccccc3)cc2)cc1. The number of nitrogens with two attached hydrogens (primary N) is 1. The highest BCUT2D eigenvalue weighted by atomic mass is 14.4. The van der Waals surface area contributed by atoms with Crippen molar-refractivity contribution < 1.29 is 0 Å². The van der Waals surface area contributed by atoms with Crippen LogP contribution in [0.4, 0.5) is 0 Å². The third-order valence-electron chi connectivity index (χ3n) is 3.10. The first-order valence-electron chi connectivity index (χ1n) is 7.72. The van der Waals surface area contributed by atoms with Gasteiger partial charge in [-0.15, -0.1) is 0 Å². The van der Waals surface area contributed by atoms with Gasteiger partial charge in [0.25, 0.3) is 0 Å². The molecule has 0 aliphatic rings. The van der Waals surface area contributed by atoms with Crippen molar-refractivity contribution in [3.63, 3.8) is 0 Å². The maximum Gasteiger partial charge on any atom is -0.0184 e. The summed E-state index contributed by atoms with van der Waals surface area (Å²) >= 11 is 0. The van der Waals surface area contributed by atoms with Crippen LogP contribution in [-0.2, 0) is 0 Å². The monoisotopic (exact) mass is 291 g/mol. The van der Waals surface area contributed by atoms with E-state index in [9.17, 15) is 0 Å². The third kappa shape index (κ3) is 4.87. The van der Waals surface area contributed by atoms with Gasteiger partial charge in [-0.25, -0.2) is 0 Å². The molecule has 0 radical (unpaired) electrons. The summed E-state index contributed by atoms with van der Waals surface area (Å²) in [7, 11) is 1.50. The molecule has 0 aromatic heterocycles. The van der Waals surface area contributed by atoms with E-state index in [4.69, 9.17) is 0 Å². The number of hydrogen-bond donors (Lipinski definition) is 1. The molecule has 22 heavy (non-hydrogen) atoms. The molecule has 0 unspecified atom stereocenters. The average Bonchev–Trinajstić information content (AvgIpc) is 2.67. The van der Waals surface area contributed by atoms with Gasteiger partial charge in [-0.1, -0.05) is 98.8 Å². The minimum atomic E-state index is 1.26. The molecule has 0 spiro atoms. The van der Waals surface area contributed by atoms with E-state index in [1.54, 1.807) is 0 Å². The molecular weight excluding hydrogens is 266 g/mol. The predicted octanol–water partition coefficient (Wildman–Crippen LogP) is 5.62. The first-order chi connectivity index (χ1) is 10.9. The van der Waals surface area contributed by atoms with E-state index in [2.05, 4.69) is 78.5 Å². The highest BCUT2D eigenvalue weighted by Gasteiger charge is 1.98. The van der Waals surface area contributed by atoms with Crippen LogP contribution in [0.5, 0.6) is 0 Å². The van der Waals surface area contributed by atoms with Gasteiger partial charge in [0.2, 0.25) is 0 Å².